The Morgan fingerprint density at radius 3 is 1.97 bits per heavy atom. The van der Waals surface area contributed by atoms with E-state index in [1.807, 2.05) is 6.92 Å². The predicted octanol–water partition coefficient (Wildman–Crippen LogP) is 7.81. The molecule has 0 saturated heterocycles. The molecule has 0 aliphatic heterocycles. The van der Waals surface area contributed by atoms with Gasteiger partial charge in [-0.25, -0.2) is 13.2 Å². The molecular weight excluding hydrogens is 453 g/mol. The number of esters is 1. The summed E-state index contributed by atoms with van der Waals surface area (Å²) in [6.45, 7) is 4.89. The summed E-state index contributed by atoms with van der Waals surface area (Å²) in [7, 11) is 0. The first-order chi connectivity index (χ1) is 16.9. The van der Waals surface area contributed by atoms with Crippen molar-refractivity contribution >= 4 is 5.97 Å². The minimum Gasteiger partial charge on any atom is -0.423 e. The maximum atomic E-state index is 15.1. The molecule has 0 spiro atoms. The van der Waals surface area contributed by atoms with Crippen molar-refractivity contribution < 1.29 is 27.4 Å². The molecule has 0 aromatic heterocycles. The van der Waals surface area contributed by atoms with E-state index in [9.17, 15) is 13.6 Å². The van der Waals surface area contributed by atoms with Crippen LogP contribution in [-0.2, 0) is 16.1 Å². The fourth-order valence-electron chi connectivity index (χ4n) is 5.55. The van der Waals surface area contributed by atoms with Crippen molar-refractivity contribution in [2.45, 2.75) is 83.7 Å². The van der Waals surface area contributed by atoms with E-state index in [-0.39, 0.29) is 23.5 Å². The van der Waals surface area contributed by atoms with Gasteiger partial charge in [-0.2, -0.15) is 0 Å². The zero-order valence-electron chi connectivity index (χ0n) is 20.6. The first kappa shape index (κ1) is 25.7. The molecule has 2 aromatic rings. The molecule has 0 atom stereocenters. The fourth-order valence-corrected chi connectivity index (χ4v) is 5.55. The zero-order chi connectivity index (χ0) is 24.9. The molecule has 4 rings (SSSR count). The molecular formula is C29H35F3O3. The van der Waals surface area contributed by atoms with Crippen LogP contribution in [0.15, 0.2) is 30.3 Å². The van der Waals surface area contributed by atoms with Crippen molar-refractivity contribution in [1.82, 2.24) is 0 Å². The van der Waals surface area contributed by atoms with Gasteiger partial charge in [0.1, 0.15) is 0 Å². The Morgan fingerprint density at radius 1 is 0.857 bits per heavy atom. The Labute approximate surface area is 206 Å². The molecule has 35 heavy (non-hydrogen) atoms. The van der Waals surface area contributed by atoms with E-state index in [0.29, 0.717) is 61.5 Å². The molecule has 0 N–H and O–H groups in total. The summed E-state index contributed by atoms with van der Waals surface area (Å²) in [6, 6.07) is 7.94. The van der Waals surface area contributed by atoms with Crippen LogP contribution in [0.3, 0.4) is 0 Å². The standard InChI is InChI=1S/C29H35F3O3/c1-3-34-17-19-6-15-26(25(30)16-19)35-29(33)22-11-9-21(10-12-22)24-14-13-23(27(31)28(24)32)20-7-4-18(2)5-8-20/h6,13-16,18,20-22H,3-5,7-12,17H2,1-2H3. The van der Waals surface area contributed by atoms with Crippen LogP contribution in [0.5, 0.6) is 5.75 Å². The summed E-state index contributed by atoms with van der Waals surface area (Å²) >= 11 is 0. The number of benzene rings is 2. The van der Waals surface area contributed by atoms with Gasteiger partial charge in [0.15, 0.2) is 23.2 Å². The number of halogens is 3. The topological polar surface area (TPSA) is 35.5 Å². The van der Waals surface area contributed by atoms with Gasteiger partial charge in [0.2, 0.25) is 0 Å². The summed E-state index contributed by atoms with van der Waals surface area (Å²) in [4.78, 5) is 12.6. The summed E-state index contributed by atoms with van der Waals surface area (Å²) in [5.41, 5.74) is 1.57. The third-order valence-corrected chi connectivity index (χ3v) is 7.78. The third-order valence-electron chi connectivity index (χ3n) is 7.78. The lowest BCUT2D eigenvalue weighted by atomic mass is 9.76. The maximum Gasteiger partial charge on any atom is 0.314 e. The van der Waals surface area contributed by atoms with Gasteiger partial charge in [0.25, 0.3) is 0 Å². The molecule has 3 nitrogen and oxygen atoms in total. The van der Waals surface area contributed by atoms with E-state index in [2.05, 4.69) is 6.92 Å². The Morgan fingerprint density at radius 2 is 1.43 bits per heavy atom. The fraction of sp³-hybridized carbons (Fsp3) is 0.552. The van der Waals surface area contributed by atoms with Gasteiger partial charge < -0.3 is 9.47 Å². The molecule has 6 heteroatoms. The van der Waals surface area contributed by atoms with E-state index in [1.165, 1.54) is 12.1 Å². The second-order valence-electron chi connectivity index (χ2n) is 10.2. The predicted molar refractivity (Wildman–Crippen MR) is 129 cm³/mol. The van der Waals surface area contributed by atoms with Crippen molar-refractivity contribution in [1.29, 1.82) is 0 Å². The minimum atomic E-state index is -0.735. The van der Waals surface area contributed by atoms with E-state index in [0.717, 1.165) is 25.7 Å². The minimum absolute atomic E-state index is 0.0916. The van der Waals surface area contributed by atoms with Gasteiger partial charge in [-0.05, 0) is 92.0 Å². The highest BCUT2D eigenvalue weighted by Crippen LogP contribution is 2.41. The van der Waals surface area contributed by atoms with Crippen LogP contribution in [-0.4, -0.2) is 12.6 Å². The number of ether oxygens (including phenoxy) is 2. The first-order valence-electron chi connectivity index (χ1n) is 12.9. The summed E-state index contributed by atoms with van der Waals surface area (Å²) in [5.74, 6) is -2.40. The molecule has 2 aliphatic rings. The van der Waals surface area contributed by atoms with Crippen molar-refractivity contribution in [2.75, 3.05) is 6.61 Å². The van der Waals surface area contributed by atoms with E-state index in [1.54, 1.807) is 18.2 Å². The molecule has 2 saturated carbocycles. The average Bonchev–Trinajstić information content (AvgIpc) is 2.86. The molecule has 2 aromatic carbocycles. The highest BCUT2D eigenvalue weighted by atomic mass is 19.2. The van der Waals surface area contributed by atoms with Gasteiger partial charge in [0.05, 0.1) is 12.5 Å². The van der Waals surface area contributed by atoms with Crippen LogP contribution >= 0.6 is 0 Å². The summed E-state index contributed by atoms with van der Waals surface area (Å²) in [6.07, 6.45) is 6.02. The van der Waals surface area contributed by atoms with Crippen LogP contribution in [0.4, 0.5) is 13.2 Å². The normalized spacial score (nSPS) is 24.8. The Bertz CT molecular complexity index is 1020. The van der Waals surface area contributed by atoms with Gasteiger partial charge in [-0.1, -0.05) is 38.0 Å². The molecule has 0 bridgehead atoms. The number of hydrogen-bond donors (Lipinski definition) is 0. The highest BCUT2D eigenvalue weighted by molar-refractivity contribution is 5.75. The number of carbonyl (C=O) groups is 1. The second-order valence-corrected chi connectivity index (χ2v) is 10.2. The van der Waals surface area contributed by atoms with Crippen LogP contribution in [0.1, 0.15) is 93.7 Å². The first-order valence-corrected chi connectivity index (χ1v) is 12.9. The van der Waals surface area contributed by atoms with Crippen LogP contribution in [0.2, 0.25) is 0 Å². The Hall–Kier alpha value is -2.34. The summed E-state index contributed by atoms with van der Waals surface area (Å²) < 4.78 is 55.0. The van der Waals surface area contributed by atoms with Crippen LogP contribution < -0.4 is 4.74 Å². The van der Waals surface area contributed by atoms with E-state index in [4.69, 9.17) is 9.47 Å². The molecule has 0 radical (unpaired) electrons. The monoisotopic (exact) mass is 488 g/mol. The molecule has 0 amide bonds. The van der Waals surface area contributed by atoms with Gasteiger partial charge in [0, 0.05) is 6.61 Å². The number of rotatable bonds is 7. The number of carbonyl (C=O) groups excluding carboxylic acids is 1. The zero-order valence-corrected chi connectivity index (χ0v) is 20.6. The smallest absolute Gasteiger partial charge is 0.314 e. The molecule has 0 heterocycles. The second kappa shape index (κ2) is 11.6. The van der Waals surface area contributed by atoms with Crippen molar-refractivity contribution in [3.63, 3.8) is 0 Å². The van der Waals surface area contributed by atoms with Crippen LogP contribution in [0, 0.1) is 29.3 Å². The lowest BCUT2D eigenvalue weighted by Crippen LogP contribution is -2.26. The lowest BCUT2D eigenvalue weighted by Gasteiger charge is -2.29. The summed E-state index contributed by atoms with van der Waals surface area (Å²) in [5, 5.41) is 0. The molecule has 190 valence electrons. The molecule has 2 aliphatic carbocycles. The third kappa shape index (κ3) is 6.08. The Balaban J connectivity index is 1.34. The highest BCUT2D eigenvalue weighted by Gasteiger charge is 2.32. The van der Waals surface area contributed by atoms with Crippen molar-refractivity contribution in [3.8, 4) is 5.75 Å². The average molecular weight is 489 g/mol. The molecule has 0 unspecified atom stereocenters. The van der Waals surface area contributed by atoms with Gasteiger partial charge in [-0.15, -0.1) is 0 Å². The van der Waals surface area contributed by atoms with E-state index >= 15 is 4.39 Å². The number of hydrogen-bond acceptors (Lipinski definition) is 3. The largest absolute Gasteiger partial charge is 0.423 e. The maximum absolute atomic E-state index is 15.1. The van der Waals surface area contributed by atoms with Gasteiger partial charge in [-0.3, -0.25) is 4.79 Å². The van der Waals surface area contributed by atoms with Gasteiger partial charge >= 0.3 is 5.97 Å². The SMILES string of the molecule is CCOCc1ccc(OC(=O)C2CCC(c3ccc(C4CCC(C)CC4)c(F)c3F)CC2)c(F)c1. The van der Waals surface area contributed by atoms with E-state index < -0.39 is 23.4 Å². The lowest BCUT2D eigenvalue weighted by molar-refractivity contribution is -0.140. The van der Waals surface area contributed by atoms with Crippen molar-refractivity contribution in [3.05, 3.63) is 64.5 Å². The quantitative estimate of drug-likeness (QED) is 0.294. The molecule has 2 fully saturated rings. The van der Waals surface area contributed by atoms with Crippen LogP contribution in [0.25, 0.3) is 0 Å². The van der Waals surface area contributed by atoms with Crippen molar-refractivity contribution in [2.24, 2.45) is 11.8 Å². The Kier molecular flexibility index (Phi) is 8.53.